The summed E-state index contributed by atoms with van der Waals surface area (Å²) in [6.07, 6.45) is 2.17. The van der Waals surface area contributed by atoms with Gasteiger partial charge >= 0.3 is 0 Å². The Bertz CT molecular complexity index is 759. The van der Waals surface area contributed by atoms with Gasteiger partial charge in [0.15, 0.2) is 5.13 Å². The molecule has 0 fully saturated rings. The third-order valence-corrected chi connectivity index (χ3v) is 5.60. The Morgan fingerprint density at radius 1 is 1.40 bits per heavy atom. The fourth-order valence-corrected chi connectivity index (χ4v) is 3.68. The summed E-state index contributed by atoms with van der Waals surface area (Å²) < 4.78 is 17.0. The highest BCUT2D eigenvalue weighted by molar-refractivity contribution is 7.85. The second-order valence-corrected chi connectivity index (χ2v) is 7.73. The van der Waals surface area contributed by atoms with E-state index < -0.39 is 16.7 Å². The number of methoxy groups -OCH3 is 1. The molecule has 1 atom stereocenters. The number of thiazole rings is 1. The summed E-state index contributed by atoms with van der Waals surface area (Å²) in [7, 11) is 0.472. The van der Waals surface area contributed by atoms with Gasteiger partial charge in [-0.25, -0.2) is 4.98 Å². The highest BCUT2D eigenvalue weighted by Gasteiger charge is 2.14. The van der Waals surface area contributed by atoms with Crippen molar-refractivity contribution in [3.8, 4) is 0 Å². The standard InChI is InChI=1S/C16H19N3O4S2/c1-23-7-2-8-25(22)13-5-3-11(4-6-13)14(17)15(21)19-16-18-9-12(10-20)24-16/h3-6,9,17,20H,2,7-8,10H2,1H3,(H,18,19,21). The van der Waals surface area contributed by atoms with Gasteiger partial charge in [-0.05, 0) is 18.6 Å². The molecule has 134 valence electrons. The van der Waals surface area contributed by atoms with Crippen LogP contribution in [0.15, 0.2) is 35.4 Å². The maximum Gasteiger partial charge on any atom is 0.275 e. The lowest BCUT2D eigenvalue weighted by Crippen LogP contribution is -2.22. The van der Waals surface area contributed by atoms with E-state index in [4.69, 9.17) is 15.3 Å². The molecule has 2 aromatic rings. The Balaban J connectivity index is 1.97. The Hall–Kier alpha value is -1.94. The predicted octanol–water partition coefficient (Wildman–Crippen LogP) is 1.79. The van der Waals surface area contributed by atoms with Crippen LogP contribution in [-0.4, -0.2) is 45.4 Å². The van der Waals surface area contributed by atoms with Gasteiger partial charge in [0, 0.05) is 36.1 Å². The first-order valence-corrected chi connectivity index (χ1v) is 9.62. The van der Waals surface area contributed by atoms with Crippen LogP contribution in [0.25, 0.3) is 0 Å². The normalized spacial score (nSPS) is 11.9. The number of carbonyl (C=O) groups is 1. The van der Waals surface area contributed by atoms with Gasteiger partial charge in [0.25, 0.3) is 5.91 Å². The molecule has 1 heterocycles. The van der Waals surface area contributed by atoms with Crippen LogP contribution in [0, 0.1) is 5.41 Å². The maximum absolute atomic E-state index is 12.1. The summed E-state index contributed by atoms with van der Waals surface area (Å²) in [5.41, 5.74) is 0.214. The Morgan fingerprint density at radius 3 is 2.72 bits per heavy atom. The summed E-state index contributed by atoms with van der Waals surface area (Å²) in [4.78, 5) is 17.3. The summed E-state index contributed by atoms with van der Waals surface area (Å²) in [5.74, 6) is -0.0877. The molecule has 0 saturated heterocycles. The number of nitrogens with one attached hydrogen (secondary N) is 2. The Kier molecular flexibility index (Phi) is 7.38. The number of amides is 1. The van der Waals surface area contributed by atoms with Crippen molar-refractivity contribution in [1.29, 1.82) is 5.41 Å². The van der Waals surface area contributed by atoms with Gasteiger partial charge in [0.2, 0.25) is 0 Å². The molecule has 9 heteroatoms. The van der Waals surface area contributed by atoms with Crippen LogP contribution in [0.1, 0.15) is 16.9 Å². The minimum Gasteiger partial charge on any atom is -0.391 e. The van der Waals surface area contributed by atoms with E-state index in [1.54, 1.807) is 31.4 Å². The van der Waals surface area contributed by atoms with E-state index in [2.05, 4.69) is 10.3 Å². The van der Waals surface area contributed by atoms with Gasteiger partial charge in [-0.3, -0.25) is 19.7 Å². The average Bonchev–Trinajstić information content (AvgIpc) is 3.09. The molecule has 7 nitrogen and oxygen atoms in total. The maximum atomic E-state index is 12.1. The van der Waals surface area contributed by atoms with Crippen molar-refractivity contribution in [3.05, 3.63) is 40.9 Å². The Morgan fingerprint density at radius 2 is 2.12 bits per heavy atom. The fraction of sp³-hybridized carbons (Fsp3) is 0.312. The zero-order chi connectivity index (χ0) is 18.2. The van der Waals surface area contributed by atoms with Gasteiger partial charge in [-0.2, -0.15) is 0 Å². The fourth-order valence-electron chi connectivity index (χ4n) is 1.95. The monoisotopic (exact) mass is 381 g/mol. The van der Waals surface area contributed by atoms with Gasteiger partial charge in [-0.15, -0.1) is 0 Å². The number of hydrogen-bond donors (Lipinski definition) is 3. The molecule has 3 N–H and O–H groups in total. The van der Waals surface area contributed by atoms with Crippen molar-refractivity contribution in [2.75, 3.05) is 24.8 Å². The van der Waals surface area contributed by atoms with Crippen LogP contribution >= 0.6 is 11.3 Å². The molecule has 1 unspecified atom stereocenters. The van der Waals surface area contributed by atoms with E-state index in [0.717, 1.165) is 11.3 Å². The molecule has 0 aliphatic heterocycles. The lowest BCUT2D eigenvalue weighted by molar-refractivity contribution is -0.110. The number of aliphatic hydroxyl groups is 1. The highest BCUT2D eigenvalue weighted by atomic mass is 32.2. The van der Waals surface area contributed by atoms with E-state index >= 15 is 0 Å². The van der Waals surface area contributed by atoms with E-state index in [0.29, 0.717) is 39.2 Å². The molecule has 25 heavy (non-hydrogen) atoms. The molecule has 0 aliphatic carbocycles. The number of rotatable bonds is 9. The summed E-state index contributed by atoms with van der Waals surface area (Å²) in [5, 5.41) is 19.8. The van der Waals surface area contributed by atoms with E-state index in [1.165, 1.54) is 6.20 Å². The first-order chi connectivity index (χ1) is 12.0. The smallest absolute Gasteiger partial charge is 0.275 e. The predicted molar refractivity (Wildman–Crippen MR) is 97.7 cm³/mol. The molecule has 0 aliphatic rings. The number of hydrogen-bond acceptors (Lipinski definition) is 7. The lowest BCUT2D eigenvalue weighted by atomic mass is 10.1. The SMILES string of the molecule is COCCCS(=O)c1ccc(C(=N)C(=O)Nc2ncc(CO)s2)cc1. The molecule has 1 aromatic carbocycles. The zero-order valence-electron chi connectivity index (χ0n) is 13.7. The summed E-state index contributed by atoms with van der Waals surface area (Å²) in [6, 6.07) is 6.53. The third-order valence-electron chi connectivity index (χ3n) is 3.24. The van der Waals surface area contributed by atoms with E-state index in [-0.39, 0.29) is 12.3 Å². The van der Waals surface area contributed by atoms with Crippen molar-refractivity contribution < 1.29 is 18.8 Å². The minimum atomic E-state index is -1.13. The highest BCUT2D eigenvalue weighted by Crippen LogP contribution is 2.18. The van der Waals surface area contributed by atoms with Crippen LogP contribution in [0.3, 0.4) is 0 Å². The quantitative estimate of drug-likeness (QED) is 0.453. The number of ether oxygens (including phenoxy) is 1. The van der Waals surface area contributed by atoms with Crippen molar-refractivity contribution in [2.24, 2.45) is 0 Å². The molecule has 2 rings (SSSR count). The number of nitrogens with zero attached hydrogens (tertiary/aromatic N) is 1. The molecular weight excluding hydrogens is 362 g/mol. The van der Waals surface area contributed by atoms with Crippen LogP contribution in [-0.2, 0) is 26.9 Å². The summed E-state index contributed by atoms with van der Waals surface area (Å²) >= 11 is 1.15. The summed E-state index contributed by atoms with van der Waals surface area (Å²) in [6.45, 7) is 0.414. The van der Waals surface area contributed by atoms with E-state index in [9.17, 15) is 9.00 Å². The van der Waals surface area contributed by atoms with Crippen molar-refractivity contribution >= 4 is 38.9 Å². The van der Waals surface area contributed by atoms with Gasteiger partial charge in [-0.1, -0.05) is 23.5 Å². The molecular formula is C16H19N3O4S2. The van der Waals surface area contributed by atoms with Crippen LogP contribution in [0.4, 0.5) is 5.13 Å². The first kappa shape index (κ1) is 19.4. The first-order valence-electron chi connectivity index (χ1n) is 7.48. The Labute approximate surface area is 152 Å². The van der Waals surface area contributed by atoms with Crippen molar-refractivity contribution in [3.63, 3.8) is 0 Å². The lowest BCUT2D eigenvalue weighted by Gasteiger charge is -2.06. The van der Waals surface area contributed by atoms with Crippen LogP contribution in [0.2, 0.25) is 0 Å². The molecule has 1 amide bonds. The van der Waals surface area contributed by atoms with Gasteiger partial charge < -0.3 is 9.84 Å². The molecule has 0 saturated carbocycles. The number of carbonyl (C=O) groups excluding carboxylic acids is 1. The second-order valence-electron chi connectivity index (χ2n) is 5.04. The zero-order valence-corrected chi connectivity index (χ0v) is 15.3. The topological polar surface area (TPSA) is 112 Å². The number of benzene rings is 1. The number of aromatic nitrogens is 1. The molecule has 0 radical (unpaired) electrons. The van der Waals surface area contributed by atoms with Crippen molar-refractivity contribution in [1.82, 2.24) is 4.98 Å². The van der Waals surface area contributed by atoms with Crippen molar-refractivity contribution in [2.45, 2.75) is 17.9 Å². The molecule has 1 aromatic heterocycles. The van der Waals surface area contributed by atoms with Crippen LogP contribution in [0.5, 0.6) is 0 Å². The minimum absolute atomic E-state index is 0.145. The average molecular weight is 381 g/mol. The van der Waals surface area contributed by atoms with Gasteiger partial charge in [0.1, 0.15) is 5.71 Å². The van der Waals surface area contributed by atoms with E-state index in [1.807, 2.05) is 0 Å². The van der Waals surface area contributed by atoms with Gasteiger partial charge in [0.05, 0.1) is 22.3 Å². The van der Waals surface area contributed by atoms with Crippen LogP contribution < -0.4 is 5.32 Å². The molecule has 0 bridgehead atoms. The molecule has 0 spiro atoms. The second kappa shape index (κ2) is 9.52. The largest absolute Gasteiger partial charge is 0.391 e. The number of anilines is 1. The third kappa shape index (κ3) is 5.53. The number of aliphatic hydroxyl groups excluding tert-OH is 1.